The molecule has 1 unspecified atom stereocenters. The van der Waals surface area contributed by atoms with Crippen LogP contribution >= 0.6 is 23.2 Å². The van der Waals surface area contributed by atoms with Gasteiger partial charge in [0.1, 0.15) is 0 Å². The van der Waals surface area contributed by atoms with Gasteiger partial charge in [-0.2, -0.15) is 0 Å². The molecule has 3 nitrogen and oxygen atoms in total. The first-order valence-corrected chi connectivity index (χ1v) is 6.50. The molecule has 2 rings (SSSR count). The van der Waals surface area contributed by atoms with E-state index in [0.717, 1.165) is 24.2 Å². The summed E-state index contributed by atoms with van der Waals surface area (Å²) in [6, 6.07) is 5.76. The Labute approximate surface area is 117 Å². The van der Waals surface area contributed by atoms with Crippen LogP contribution < -0.4 is 5.73 Å². The number of nitrogens with two attached hydrogens (primary N) is 1. The molecular weight excluding hydrogens is 269 g/mol. The fourth-order valence-electron chi connectivity index (χ4n) is 1.78. The average molecular weight is 284 g/mol. The third-order valence-corrected chi connectivity index (χ3v) is 3.31. The van der Waals surface area contributed by atoms with Crippen molar-refractivity contribution in [1.82, 2.24) is 9.55 Å². The van der Waals surface area contributed by atoms with E-state index < -0.39 is 0 Å². The van der Waals surface area contributed by atoms with Crippen molar-refractivity contribution in [2.24, 2.45) is 5.73 Å². The minimum Gasteiger partial charge on any atom is -0.333 e. The molecule has 2 N–H and O–H groups in total. The van der Waals surface area contributed by atoms with Gasteiger partial charge in [0, 0.05) is 25.2 Å². The lowest BCUT2D eigenvalue weighted by Crippen LogP contribution is -2.17. The highest BCUT2D eigenvalue weighted by Gasteiger charge is 2.04. The van der Waals surface area contributed by atoms with Gasteiger partial charge in [-0.25, -0.2) is 4.98 Å². The fraction of sp³-hybridized carbons (Fsp3) is 0.308. The van der Waals surface area contributed by atoms with E-state index >= 15 is 0 Å². The molecule has 0 aliphatic heterocycles. The zero-order valence-corrected chi connectivity index (χ0v) is 11.6. The molecule has 0 saturated heterocycles. The summed E-state index contributed by atoms with van der Waals surface area (Å²) >= 11 is 11.9. The minimum atomic E-state index is 0.123. The molecule has 0 fully saturated rings. The summed E-state index contributed by atoms with van der Waals surface area (Å²) in [5.41, 5.74) is 7.84. The molecule has 1 atom stereocenters. The number of aromatic nitrogens is 2. The summed E-state index contributed by atoms with van der Waals surface area (Å²) in [5.74, 6) is 0. The number of imidazole rings is 1. The van der Waals surface area contributed by atoms with Crippen LogP contribution in [0.4, 0.5) is 0 Å². The van der Waals surface area contributed by atoms with Gasteiger partial charge < -0.3 is 10.3 Å². The van der Waals surface area contributed by atoms with Gasteiger partial charge in [0.2, 0.25) is 0 Å². The van der Waals surface area contributed by atoms with Gasteiger partial charge in [0.15, 0.2) is 0 Å². The summed E-state index contributed by atoms with van der Waals surface area (Å²) in [7, 11) is 0. The highest BCUT2D eigenvalue weighted by atomic mass is 35.5. The Bertz CT molecular complexity index is 535. The number of hydrogen-bond acceptors (Lipinski definition) is 2. The molecule has 1 aromatic carbocycles. The summed E-state index contributed by atoms with van der Waals surface area (Å²) in [4.78, 5) is 4.32. The van der Waals surface area contributed by atoms with Crippen molar-refractivity contribution in [2.75, 3.05) is 0 Å². The van der Waals surface area contributed by atoms with Crippen LogP contribution in [-0.2, 0) is 13.0 Å². The number of benzene rings is 1. The predicted octanol–water partition coefficient (Wildman–Crippen LogP) is 3.13. The zero-order valence-electron chi connectivity index (χ0n) is 10.1. The van der Waals surface area contributed by atoms with Crippen LogP contribution in [0.5, 0.6) is 0 Å². The molecule has 18 heavy (non-hydrogen) atoms. The zero-order chi connectivity index (χ0) is 13.1. The van der Waals surface area contributed by atoms with Crippen LogP contribution in [0.15, 0.2) is 30.7 Å². The molecule has 1 heterocycles. The number of hydrogen-bond donors (Lipinski definition) is 1. The lowest BCUT2D eigenvalue weighted by molar-refractivity contribution is 0.723. The number of rotatable bonds is 4. The van der Waals surface area contributed by atoms with Crippen LogP contribution in [0.1, 0.15) is 18.2 Å². The van der Waals surface area contributed by atoms with Gasteiger partial charge in [0.05, 0.1) is 22.1 Å². The van der Waals surface area contributed by atoms with Crippen LogP contribution in [0, 0.1) is 0 Å². The van der Waals surface area contributed by atoms with Crippen LogP contribution in [-0.4, -0.2) is 15.6 Å². The average Bonchev–Trinajstić information content (AvgIpc) is 2.70. The molecule has 2 aromatic rings. The van der Waals surface area contributed by atoms with Crippen molar-refractivity contribution in [3.8, 4) is 0 Å². The molecule has 0 amide bonds. The van der Waals surface area contributed by atoms with E-state index in [2.05, 4.69) is 4.98 Å². The SMILES string of the molecule is CC(N)Cc1cn(Cc2ccc(Cl)c(Cl)c2)cn1. The lowest BCUT2D eigenvalue weighted by atomic mass is 10.2. The molecule has 0 aliphatic carbocycles. The predicted molar refractivity (Wildman–Crippen MR) is 75.1 cm³/mol. The Morgan fingerprint density at radius 3 is 2.78 bits per heavy atom. The van der Waals surface area contributed by atoms with Gasteiger partial charge in [-0.15, -0.1) is 0 Å². The van der Waals surface area contributed by atoms with Gasteiger partial charge in [-0.1, -0.05) is 29.3 Å². The van der Waals surface area contributed by atoms with Crippen molar-refractivity contribution in [3.05, 3.63) is 52.0 Å². The Kier molecular flexibility index (Phi) is 4.27. The maximum Gasteiger partial charge on any atom is 0.0952 e. The fourth-order valence-corrected chi connectivity index (χ4v) is 2.10. The monoisotopic (exact) mass is 283 g/mol. The number of halogens is 2. The summed E-state index contributed by atoms with van der Waals surface area (Å²) in [6.45, 7) is 2.70. The van der Waals surface area contributed by atoms with Crippen molar-refractivity contribution < 1.29 is 0 Å². The van der Waals surface area contributed by atoms with Crippen molar-refractivity contribution >= 4 is 23.2 Å². The standard InChI is InChI=1S/C13H15Cl2N3/c1-9(16)4-11-7-18(8-17-11)6-10-2-3-12(14)13(15)5-10/h2-3,5,7-9H,4,6,16H2,1H3. The second kappa shape index (κ2) is 5.74. The van der Waals surface area contributed by atoms with Crippen LogP contribution in [0.3, 0.4) is 0 Å². The topological polar surface area (TPSA) is 43.8 Å². The third kappa shape index (κ3) is 3.48. The highest BCUT2D eigenvalue weighted by molar-refractivity contribution is 6.42. The Morgan fingerprint density at radius 2 is 2.11 bits per heavy atom. The first kappa shape index (κ1) is 13.4. The lowest BCUT2D eigenvalue weighted by Gasteiger charge is -2.04. The molecule has 5 heteroatoms. The molecule has 0 radical (unpaired) electrons. The largest absolute Gasteiger partial charge is 0.333 e. The van der Waals surface area contributed by atoms with Crippen molar-refractivity contribution in [3.63, 3.8) is 0 Å². The summed E-state index contributed by atoms with van der Waals surface area (Å²) in [6.07, 6.45) is 4.60. The second-order valence-corrected chi connectivity index (χ2v) is 5.28. The third-order valence-electron chi connectivity index (χ3n) is 2.57. The van der Waals surface area contributed by atoms with E-state index in [1.165, 1.54) is 0 Å². The smallest absolute Gasteiger partial charge is 0.0952 e. The molecule has 96 valence electrons. The highest BCUT2D eigenvalue weighted by Crippen LogP contribution is 2.23. The minimum absolute atomic E-state index is 0.123. The molecule has 0 saturated carbocycles. The van der Waals surface area contributed by atoms with E-state index in [1.807, 2.05) is 29.8 Å². The van der Waals surface area contributed by atoms with E-state index in [4.69, 9.17) is 28.9 Å². The Balaban J connectivity index is 2.08. The molecule has 0 aliphatic rings. The summed E-state index contributed by atoms with van der Waals surface area (Å²) in [5, 5.41) is 1.15. The first-order valence-electron chi connectivity index (χ1n) is 5.75. The molecule has 1 aromatic heterocycles. The van der Waals surface area contributed by atoms with Crippen LogP contribution in [0.25, 0.3) is 0 Å². The maximum atomic E-state index is 5.98. The quantitative estimate of drug-likeness (QED) is 0.937. The maximum absolute atomic E-state index is 5.98. The van der Waals surface area contributed by atoms with E-state index in [0.29, 0.717) is 10.0 Å². The normalized spacial score (nSPS) is 12.7. The number of nitrogens with zero attached hydrogens (tertiary/aromatic N) is 2. The van der Waals surface area contributed by atoms with Crippen molar-refractivity contribution in [2.45, 2.75) is 25.9 Å². The molecule has 0 spiro atoms. The molecule has 0 bridgehead atoms. The molecular formula is C13H15Cl2N3. The first-order chi connectivity index (χ1) is 8.54. The summed E-state index contributed by atoms with van der Waals surface area (Å²) < 4.78 is 2.01. The van der Waals surface area contributed by atoms with Gasteiger partial charge in [0.25, 0.3) is 0 Å². The van der Waals surface area contributed by atoms with Gasteiger partial charge in [-0.3, -0.25) is 0 Å². The van der Waals surface area contributed by atoms with Gasteiger partial charge in [-0.05, 0) is 24.6 Å². The Morgan fingerprint density at radius 1 is 1.33 bits per heavy atom. The van der Waals surface area contributed by atoms with Gasteiger partial charge >= 0.3 is 0 Å². The van der Waals surface area contributed by atoms with Crippen molar-refractivity contribution in [1.29, 1.82) is 0 Å². The van der Waals surface area contributed by atoms with E-state index in [-0.39, 0.29) is 6.04 Å². The van der Waals surface area contributed by atoms with Crippen LogP contribution in [0.2, 0.25) is 10.0 Å². The van der Waals surface area contributed by atoms with E-state index in [9.17, 15) is 0 Å². The Hall–Kier alpha value is -1.03. The second-order valence-electron chi connectivity index (χ2n) is 4.47. The van der Waals surface area contributed by atoms with E-state index in [1.54, 1.807) is 12.4 Å².